The maximum absolute atomic E-state index is 5.64. The molecule has 0 aliphatic carbocycles. The number of hydrogen-bond donors (Lipinski definition) is 1. The Labute approximate surface area is 92.5 Å². The van der Waals surface area contributed by atoms with Gasteiger partial charge in [-0.05, 0) is 12.3 Å². The Balaban J connectivity index is 2.52. The molecular weight excluding hydrogens is 208 g/mol. The van der Waals surface area contributed by atoms with Crippen LogP contribution in [0.3, 0.4) is 0 Å². The van der Waals surface area contributed by atoms with Crippen molar-refractivity contribution in [3.8, 4) is 11.1 Å². The van der Waals surface area contributed by atoms with E-state index in [0.717, 1.165) is 16.0 Å². The van der Waals surface area contributed by atoms with Crippen LogP contribution in [0.15, 0.2) is 29.6 Å². The molecule has 2 rings (SSSR count). The van der Waals surface area contributed by atoms with Crippen LogP contribution >= 0.6 is 11.8 Å². The van der Waals surface area contributed by atoms with Crippen molar-refractivity contribution in [3.05, 3.63) is 24.7 Å². The van der Waals surface area contributed by atoms with Gasteiger partial charge >= 0.3 is 0 Å². The molecule has 78 valence electrons. The minimum absolute atomic E-state index is 0.548. The highest BCUT2D eigenvalue weighted by molar-refractivity contribution is 7.98. The molecule has 15 heavy (non-hydrogen) atoms. The second kappa shape index (κ2) is 3.94. The summed E-state index contributed by atoms with van der Waals surface area (Å²) in [7, 11) is 1.90. The molecule has 0 amide bonds. The number of aryl methyl sites for hydroxylation is 1. The minimum Gasteiger partial charge on any atom is -0.384 e. The zero-order valence-corrected chi connectivity index (χ0v) is 9.45. The van der Waals surface area contributed by atoms with Crippen molar-refractivity contribution >= 4 is 17.6 Å². The molecule has 2 N–H and O–H groups in total. The van der Waals surface area contributed by atoms with Gasteiger partial charge in [-0.15, -0.1) is 11.8 Å². The van der Waals surface area contributed by atoms with Gasteiger partial charge in [-0.2, -0.15) is 5.10 Å². The predicted octanol–water partition coefficient (Wildman–Crippen LogP) is 1.79. The van der Waals surface area contributed by atoms with E-state index in [2.05, 4.69) is 10.1 Å². The zero-order valence-electron chi connectivity index (χ0n) is 8.64. The summed E-state index contributed by atoms with van der Waals surface area (Å²) < 4.78 is 1.77. The SMILES string of the molecule is CSc1cc(N)ncc1-c1cnn(C)c1. The maximum Gasteiger partial charge on any atom is 0.124 e. The average Bonchev–Trinajstić information content (AvgIpc) is 2.64. The Kier molecular flexibility index (Phi) is 2.64. The third-order valence-electron chi connectivity index (χ3n) is 2.12. The quantitative estimate of drug-likeness (QED) is 0.784. The van der Waals surface area contributed by atoms with E-state index in [1.54, 1.807) is 22.6 Å². The molecule has 0 bridgehead atoms. The number of anilines is 1. The summed E-state index contributed by atoms with van der Waals surface area (Å²) in [6, 6.07) is 1.88. The third kappa shape index (κ3) is 1.97. The summed E-state index contributed by atoms with van der Waals surface area (Å²) >= 11 is 1.66. The summed E-state index contributed by atoms with van der Waals surface area (Å²) in [5.74, 6) is 0.548. The number of aromatic nitrogens is 3. The van der Waals surface area contributed by atoms with E-state index in [1.165, 1.54) is 0 Å². The molecule has 2 heterocycles. The van der Waals surface area contributed by atoms with E-state index in [-0.39, 0.29) is 0 Å². The molecule has 0 atom stereocenters. The fourth-order valence-electron chi connectivity index (χ4n) is 1.40. The highest BCUT2D eigenvalue weighted by Crippen LogP contribution is 2.30. The number of nitrogens with zero attached hydrogens (tertiary/aromatic N) is 3. The smallest absolute Gasteiger partial charge is 0.124 e. The van der Waals surface area contributed by atoms with Crippen LogP contribution in [0.1, 0.15) is 0 Å². The number of hydrogen-bond acceptors (Lipinski definition) is 4. The van der Waals surface area contributed by atoms with Crippen molar-refractivity contribution in [1.29, 1.82) is 0 Å². The monoisotopic (exact) mass is 220 g/mol. The second-order valence-electron chi connectivity index (χ2n) is 3.21. The Morgan fingerprint density at radius 2 is 2.20 bits per heavy atom. The highest BCUT2D eigenvalue weighted by atomic mass is 32.2. The van der Waals surface area contributed by atoms with Gasteiger partial charge in [-0.3, -0.25) is 4.68 Å². The highest BCUT2D eigenvalue weighted by Gasteiger charge is 2.07. The van der Waals surface area contributed by atoms with Gasteiger partial charge in [-0.1, -0.05) is 0 Å². The summed E-state index contributed by atoms with van der Waals surface area (Å²) in [5.41, 5.74) is 7.78. The van der Waals surface area contributed by atoms with Crippen LogP contribution in [0.25, 0.3) is 11.1 Å². The van der Waals surface area contributed by atoms with E-state index in [1.807, 2.05) is 31.8 Å². The number of nitrogen functional groups attached to an aromatic ring is 1. The van der Waals surface area contributed by atoms with Crippen LogP contribution in [0.2, 0.25) is 0 Å². The summed E-state index contributed by atoms with van der Waals surface area (Å²) in [6.45, 7) is 0. The maximum atomic E-state index is 5.64. The molecule has 5 heteroatoms. The van der Waals surface area contributed by atoms with Crippen LogP contribution in [-0.2, 0) is 7.05 Å². The largest absolute Gasteiger partial charge is 0.384 e. The third-order valence-corrected chi connectivity index (χ3v) is 2.90. The Hall–Kier alpha value is -1.49. The first-order valence-electron chi connectivity index (χ1n) is 4.49. The van der Waals surface area contributed by atoms with Gasteiger partial charge in [0.2, 0.25) is 0 Å². The van der Waals surface area contributed by atoms with Crippen molar-refractivity contribution in [2.75, 3.05) is 12.0 Å². The van der Waals surface area contributed by atoms with Crippen LogP contribution in [0, 0.1) is 0 Å². The van der Waals surface area contributed by atoms with E-state index < -0.39 is 0 Å². The summed E-state index contributed by atoms with van der Waals surface area (Å²) in [6.07, 6.45) is 7.60. The molecular formula is C10H12N4S. The molecule has 0 aliphatic heterocycles. The van der Waals surface area contributed by atoms with E-state index >= 15 is 0 Å². The number of pyridine rings is 1. The normalized spacial score (nSPS) is 10.5. The molecule has 0 aliphatic rings. The van der Waals surface area contributed by atoms with Gasteiger partial charge in [0, 0.05) is 35.5 Å². The first kappa shape index (κ1) is 10.0. The Morgan fingerprint density at radius 3 is 2.80 bits per heavy atom. The van der Waals surface area contributed by atoms with Gasteiger partial charge in [0.05, 0.1) is 6.20 Å². The molecule has 2 aromatic rings. The van der Waals surface area contributed by atoms with E-state index in [9.17, 15) is 0 Å². The number of nitrogens with two attached hydrogens (primary N) is 1. The summed E-state index contributed by atoms with van der Waals surface area (Å²) in [4.78, 5) is 5.22. The first-order chi connectivity index (χ1) is 7.20. The molecule has 0 radical (unpaired) electrons. The lowest BCUT2D eigenvalue weighted by Gasteiger charge is -2.04. The summed E-state index contributed by atoms with van der Waals surface area (Å²) in [5, 5.41) is 4.14. The van der Waals surface area contributed by atoms with Gasteiger partial charge in [-0.25, -0.2) is 4.98 Å². The standard InChI is InChI=1S/C10H12N4S/c1-14-6-7(4-13-14)8-5-12-10(11)3-9(8)15-2/h3-6H,1-2H3,(H2,11,12). The van der Waals surface area contributed by atoms with E-state index in [0.29, 0.717) is 5.82 Å². The van der Waals surface area contributed by atoms with Crippen LogP contribution < -0.4 is 5.73 Å². The Bertz CT molecular complexity index is 478. The van der Waals surface area contributed by atoms with Crippen molar-refractivity contribution < 1.29 is 0 Å². The predicted molar refractivity (Wildman–Crippen MR) is 62.6 cm³/mol. The van der Waals surface area contributed by atoms with Gasteiger partial charge in [0.25, 0.3) is 0 Å². The van der Waals surface area contributed by atoms with Crippen LogP contribution in [0.5, 0.6) is 0 Å². The average molecular weight is 220 g/mol. The first-order valence-corrected chi connectivity index (χ1v) is 5.71. The molecule has 0 saturated carbocycles. The van der Waals surface area contributed by atoms with Gasteiger partial charge in [0.1, 0.15) is 5.82 Å². The molecule has 0 spiro atoms. The van der Waals surface area contributed by atoms with Crippen molar-refractivity contribution in [3.63, 3.8) is 0 Å². The molecule has 0 aromatic carbocycles. The van der Waals surface area contributed by atoms with Gasteiger partial charge < -0.3 is 5.73 Å². The fraction of sp³-hybridized carbons (Fsp3) is 0.200. The Morgan fingerprint density at radius 1 is 1.40 bits per heavy atom. The lowest BCUT2D eigenvalue weighted by atomic mass is 10.2. The van der Waals surface area contributed by atoms with E-state index in [4.69, 9.17) is 5.73 Å². The molecule has 4 nitrogen and oxygen atoms in total. The lowest BCUT2D eigenvalue weighted by Crippen LogP contribution is -1.91. The molecule has 0 unspecified atom stereocenters. The number of rotatable bonds is 2. The molecule has 2 aromatic heterocycles. The van der Waals surface area contributed by atoms with Crippen LogP contribution in [0.4, 0.5) is 5.82 Å². The molecule has 0 saturated heterocycles. The zero-order chi connectivity index (χ0) is 10.8. The van der Waals surface area contributed by atoms with Crippen molar-refractivity contribution in [1.82, 2.24) is 14.8 Å². The lowest BCUT2D eigenvalue weighted by molar-refractivity contribution is 0.768. The fourth-order valence-corrected chi connectivity index (χ4v) is 2.03. The van der Waals surface area contributed by atoms with Crippen LogP contribution in [-0.4, -0.2) is 21.0 Å². The topological polar surface area (TPSA) is 56.7 Å². The van der Waals surface area contributed by atoms with Crippen molar-refractivity contribution in [2.24, 2.45) is 7.05 Å². The minimum atomic E-state index is 0.548. The number of thioether (sulfide) groups is 1. The van der Waals surface area contributed by atoms with Crippen molar-refractivity contribution in [2.45, 2.75) is 4.90 Å². The molecule has 0 fully saturated rings. The second-order valence-corrected chi connectivity index (χ2v) is 4.06. The van der Waals surface area contributed by atoms with Gasteiger partial charge in [0.15, 0.2) is 0 Å².